The molecule has 2 aromatic rings. The summed E-state index contributed by atoms with van der Waals surface area (Å²) in [5.74, 6) is 6.70. The van der Waals surface area contributed by atoms with Gasteiger partial charge in [0.15, 0.2) is 5.82 Å². The van der Waals surface area contributed by atoms with Crippen molar-refractivity contribution < 1.29 is 0 Å². The number of rotatable bonds is 4. The van der Waals surface area contributed by atoms with E-state index in [2.05, 4.69) is 36.3 Å². The van der Waals surface area contributed by atoms with E-state index in [0.29, 0.717) is 12.4 Å². The molecule has 0 atom stereocenters. The molecule has 3 N–H and O–H groups in total. The third-order valence-electron chi connectivity index (χ3n) is 2.61. The Kier molecular flexibility index (Phi) is 4.28. The second kappa shape index (κ2) is 5.94. The van der Waals surface area contributed by atoms with Gasteiger partial charge in [-0.1, -0.05) is 6.07 Å². The number of nitrogens with two attached hydrogens (primary N) is 1. The van der Waals surface area contributed by atoms with Crippen molar-refractivity contribution in [1.82, 2.24) is 15.0 Å². The van der Waals surface area contributed by atoms with Crippen molar-refractivity contribution in [3.05, 3.63) is 40.4 Å². The Bertz CT molecular complexity index is 574. The van der Waals surface area contributed by atoms with Crippen LogP contribution in [0.1, 0.15) is 11.4 Å². The lowest BCUT2D eigenvalue weighted by Crippen LogP contribution is -2.20. The number of nitrogens with zero attached hydrogens (tertiary/aromatic N) is 4. The van der Waals surface area contributed by atoms with Crippen LogP contribution in [0.5, 0.6) is 0 Å². The van der Waals surface area contributed by atoms with Crippen LogP contribution < -0.4 is 16.2 Å². The number of aromatic nitrogens is 3. The highest BCUT2D eigenvalue weighted by atomic mass is 79.9. The predicted molar refractivity (Wildman–Crippen MR) is 78.6 cm³/mol. The van der Waals surface area contributed by atoms with Gasteiger partial charge in [0.2, 0.25) is 0 Å². The molecule has 0 aromatic carbocycles. The summed E-state index contributed by atoms with van der Waals surface area (Å²) in [5, 5.41) is 0. The van der Waals surface area contributed by atoms with E-state index in [1.807, 2.05) is 37.1 Å². The first-order valence-corrected chi connectivity index (χ1v) is 6.52. The van der Waals surface area contributed by atoms with Crippen molar-refractivity contribution >= 4 is 27.6 Å². The molecule has 19 heavy (non-hydrogen) atoms. The summed E-state index contributed by atoms with van der Waals surface area (Å²) < 4.78 is 0.729. The van der Waals surface area contributed by atoms with Crippen LogP contribution in [0.2, 0.25) is 0 Å². The fourth-order valence-electron chi connectivity index (χ4n) is 1.73. The lowest BCUT2D eigenvalue weighted by molar-refractivity contribution is 0.851. The summed E-state index contributed by atoms with van der Waals surface area (Å²) >= 11 is 3.44. The molecule has 7 heteroatoms. The highest BCUT2D eigenvalue weighted by Crippen LogP contribution is 2.28. The van der Waals surface area contributed by atoms with Crippen molar-refractivity contribution in [3.63, 3.8) is 0 Å². The molecular weight excluding hydrogens is 308 g/mol. The number of pyridine rings is 1. The summed E-state index contributed by atoms with van der Waals surface area (Å²) in [6, 6.07) is 5.95. The minimum Gasteiger partial charge on any atom is -0.353 e. The topological polar surface area (TPSA) is 80.0 Å². The molecule has 0 aliphatic carbocycles. The van der Waals surface area contributed by atoms with Crippen LogP contribution in [0.15, 0.2) is 29.0 Å². The SMILES string of the molecule is Cc1cccc(CN(C)c2ncnc(NN)c2Br)n1. The molecule has 0 fully saturated rings. The average Bonchev–Trinajstić information content (AvgIpc) is 2.39. The maximum atomic E-state index is 5.39. The van der Waals surface area contributed by atoms with E-state index in [-0.39, 0.29) is 0 Å². The number of nitrogens with one attached hydrogen (secondary N) is 1. The number of anilines is 2. The Morgan fingerprint density at radius 1 is 1.37 bits per heavy atom. The molecule has 0 aliphatic heterocycles. The number of hydrazine groups is 1. The Hall–Kier alpha value is -1.73. The van der Waals surface area contributed by atoms with Gasteiger partial charge in [-0.05, 0) is 35.0 Å². The molecule has 100 valence electrons. The zero-order chi connectivity index (χ0) is 13.8. The van der Waals surface area contributed by atoms with Crippen molar-refractivity contribution in [2.75, 3.05) is 17.4 Å². The Balaban J connectivity index is 2.23. The van der Waals surface area contributed by atoms with Gasteiger partial charge in [0.25, 0.3) is 0 Å². The van der Waals surface area contributed by atoms with Crippen molar-refractivity contribution in [1.29, 1.82) is 0 Å². The van der Waals surface area contributed by atoms with Gasteiger partial charge in [0, 0.05) is 12.7 Å². The second-order valence-corrected chi connectivity index (χ2v) is 4.92. The summed E-state index contributed by atoms with van der Waals surface area (Å²) in [6.45, 7) is 2.63. The molecule has 2 aromatic heterocycles. The summed E-state index contributed by atoms with van der Waals surface area (Å²) in [5.41, 5.74) is 4.50. The van der Waals surface area contributed by atoms with E-state index in [1.165, 1.54) is 6.33 Å². The third kappa shape index (κ3) is 3.18. The van der Waals surface area contributed by atoms with Crippen LogP contribution in [-0.2, 0) is 6.54 Å². The first kappa shape index (κ1) is 13.7. The smallest absolute Gasteiger partial charge is 0.159 e. The van der Waals surface area contributed by atoms with Crippen LogP contribution in [-0.4, -0.2) is 22.0 Å². The zero-order valence-corrected chi connectivity index (χ0v) is 12.3. The van der Waals surface area contributed by atoms with Crippen LogP contribution in [0.25, 0.3) is 0 Å². The highest BCUT2D eigenvalue weighted by molar-refractivity contribution is 9.10. The van der Waals surface area contributed by atoms with Gasteiger partial charge >= 0.3 is 0 Å². The van der Waals surface area contributed by atoms with E-state index < -0.39 is 0 Å². The normalized spacial score (nSPS) is 10.3. The number of halogens is 1. The maximum Gasteiger partial charge on any atom is 0.159 e. The second-order valence-electron chi connectivity index (χ2n) is 4.13. The third-order valence-corrected chi connectivity index (χ3v) is 3.34. The average molecular weight is 323 g/mol. The molecule has 0 saturated heterocycles. The molecule has 6 nitrogen and oxygen atoms in total. The minimum atomic E-state index is 0.550. The summed E-state index contributed by atoms with van der Waals surface area (Å²) in [4.78, 5) is 14.7. The Labute approximate surface area is 120 Å². The van der Waals surface area contributed by atoms with Crippen LogP contribution in [0.4, 0.5) is 11.6 Å². The van der Waals surface area contributed by atoms with Crippen molar-refractivity contribution in [3.8, 4) is 0 Å². The van der Waals surface area contributed by atoms with Crippen molar-refractivity contribution in [2.24, 2.45) is 5.84 Å². The minimum absolute atomic E-state index is 0.550. The lowest BCUT2D eigenvalue weighted by atomic mass is 10.3. The number of hydrogen-bond donors (Lipinski definition) is 2. The zero-order valence-electron chi connectivity index (χ0n) is 10.8. The quantitative estimate of drug-likeness (QED) is 0.660. The fraction of sp³-hybridized carbons (Fsp3) is 0.250. The van der Waals surface area contributed by atoms with Crippen molar-refractivity contribution in [2.45, 2.75) is 13.5 Å². The van der Waals surface area contributed by atoms with Gasteiger partial charge in [-0.25, -0.2) is 15.8 Å². The summed E-state index contributed by atoms with van der Waals surface area (Å²) in [6.07, 6.45) is 1.47. The first-order chi connectivity index (χ1) is 9.11. The number of nitrogen functional groups attached to an aromatic ring is 1. The van der Waals surface area contributed by atoms with Crippen LogP contribution in [0.3, 0.4) is 0 Å². The molecule has 0 amide bonds. The molecule has 0 unspecified atom stereocenters. The van der Waals surface area contributed by atoms with E-state index in [4.69, 9.17) is 5.84 Å². The lowest BCUT2D eigenvalue weighted by Gasteiger charge is -2.19. The van der Waals surface area contributed by atoms with E-state index >= 15 is 0 Å². The summed E-state index contributed by atoms with van der Waals surface area (Å²) in [7, 11) is 1.94. The molecule has 0 radical (unpaired) electrons. The molecule has 2 heterocycles. The first-order valence-electron chi connectivity index (χ1n) is 5.72. The predicted octanol–water partition coefficient (Wildman–Crippen LogP) is 1.86. The van der Waals surface area contributed by atoms with Gasteiger partial charge in [-0.15, -0.1) is 0 Å². The standard InChI is InChI=1S/C12H15BrN6/c1-8-4-3-5-9(17-8)6-19(2)12-10(13)11(18-14)15-7-16-12/h3-5,7H,6,14H2,1-2H3,(H,15,16,18). The fourth-order valence-corrected chi connectivity index (χ4v) is 2.35. The van der Waals surface area contributed by atoms with Crippen LogP contribution in [0, 0.1) is 6.92 Å². The largest absolute Gasteiger partial charge is 0.353 e. The van der Waals surface area contributed by atoms with E-state index in [9.17, 15) is 0 Å². The van der Waals surface area contributed by atoms with Gasteiger partial charge in [0.05, 0.1) is 12.2 Å². The molecule has 0 saturated carbocycles. The maximum absolute atomic E-state index is 5.39. The van der Waals surface area contributed by atoms with Gasteiger partial charge in [0.1, 0.15) is 16.6 Å². The molecule has 0 spiro atoms. The van der Waals surface area contributed by atoms with E-state index in [1.54, 1.807) is 0 Å². The van der Waals surface area contributed by atoms with Gasteiger partial charge in [-0.2, -0.15) is 0 Å². The Morgan fingerprint density at radius 3 is 2.84 bits per heavy atom. The van der Waals surface area contributed by atoms with E-state index in [0.717, 1.165) is 21.7 Å². The number of hydrogen-bond acceptors (Lipinski definition) is 6. The monoisotopic (exact) mass is 322 g/mol. The highest BCUT2D eigenvalue weighted by Gasteiger charge is 2.12. The molecule has 0 bridgehead atoms. The van der Waals surface area contributed by atoms with Crippen LogP contribution >= 0.6 is 15.9 Å². The van der Waals surface area contributed by atoms with Gasteiger partial charge < -0.3 is 10.3 Å². The van der Waals surface area contributed by atoms with Gasteiger partial charge in [-0.3, -0.25) is 4.98 Å². The Morgan fingerprint density at radius 2 is 2.16 bits per heavy atom. The molecule has 2 rings (SSSR count). The molecule has 0 aliphatic rings. The number of aryl methyl sites for hydroxylation is 1. The molecular formula is C12H15BrN6.